The SMILES string of the molecule is CCNCCC(=O)c1cnccc1C. The quantitative estimate of drug-likeness (QED) is 0.569. The Morgan fingerprint density at radius 2 is 2.36 bits per heavy atom. The number of aromatic nitrogens is 1. The van der Waals surface area contributed by atoms with Crippen molar-refractivity contribution >= 4 is 5.78 Å². The summed E-state index contributed by atoms with van der Waals surface area (Å²) in [5.41, 5.74) is 1.74. The summed E-state index contributed by atoms with van der Waals surface area (Å²) in [5, 5.41) is 3.13. The molecule has 0 amide bonds. The highest BCUT2D eigenvalue weighted by atomic mass is 16.1. The molecule has 3 nitrogen and oxygen atoms in total. The first-order valence-electron chi connectivity index (χ1n) is 4.90. The molecule has 0 aliphatic carbocycles. The van der Waals surface area contributed by atoms with Gasteiger partial charge in [-0.25, -0.2) is 0 Å². The summed E-state index contributed by atoms with van der Waals surface area (Å²) in [6.45, 7) is 5.60. The van der Waals surface area contributed by atoms with Gasteiger partial charge in [0.1, 0.15) is 0 Å². The van der Waals surface area contributed by atoms with Gasteiger partial charge < -0.3 is 5.32 Å². The van der Waals surface area contributed by atoms with Crippen molar-refractivity contribution in [2.24, 2.45) is 0 Å². The Morgan fingerprint density at radius 3 is 3.00 bits per heavy atom. The smallest absolute Gasteiger partial charge is 0.165 e. The molecule has 0 atom stereocenters. The van der Waals surface area contributed by atoms with Crippen LogP contribution in [-0.2, 0) is 0 Å². The Bertz CT molecular complexity index is 310. The van der Waals surface area contributed by atoms with Crippen LogP contribution in [0.25, 0.3) is 0 Å². The zero-order valence-corrected chi connectivity index (χ0v) is 8.71. The Kier molecular flexibility index (Phi) is 4.26. The van der Waals surface area contributed by atoms with E-state index in [9.17, 15) is 4.79 Å². The minimum Gasteiger partial charge on any atom is -0.317 e. The third kappa shape index (κ3) is 2.92. The largest absolute Gasteiger partial charge is 0.317 e. The maximum absolute atomic E-state index is 11.7. The van der Waals surface area contributed by atoms with Gasteiger partial charge in [0.15, 0.2) is 5.78 Å². The van der Waals surface area contributed by atoms with Crippen molar-refractivity contribution in [1.29, 1.82) is 0 Å². The van der Waals surface area contributed by atoms with Crippen LogP contribution in [-0.4, -0.2) is 23.9 Å². The van der Waals surface area contributed by atoms with Gasteiger partial charge in [0.25, 0.3) is 0 Å². The molecule has 1 heterocycles. The van der Waals surface area contributed by atoms with Gasteiger partial charge in [0.05, 0.1) is 0 Å². The Hall–Kier alpha value is -1.22. The van der Waals surface area contributed by atoms with Crippen LogP contribution in [0.15, 0.2) is 18.5 Å². The molecule has 0 bridgehead atoms. The van der Waals surface area contributed by atoms with Crippen LogP contribution in [0.3, 0.4) is 0 Å². The predicted molar refractivity (Wildman–Crippen MR) is 56.5 cm³/mol. The molecule has 3 heteroatoms. The lowest BCUT2D eigenvalue weighted by Crippen LogP contribution is -2.18. The van der Waals surface area contributed by atoms with E-state index in [1.54, 1.807) is 12.4 Å². The molecular formula is C11H16N2O. The fourth-order valence-corrected chi connectivity index (χ4v) is 1.27. The molecule has 0 aromatic carbocycles. The summed E-state index contributed by atoms with van der Waals surface area (Å²) in [5.74, 6) is 0.163. The van der Waals surface area contributed by atoms with Crippen molar-refractivity contribution in [1.82, 2.24) is 10.3 Å². The lowest BCUT2D eigenvalue weighted by molar-refractivity contribution is 0.0982. The van der Waals surface area contributed by atoms with E-state index in [0.717, 1.165) is 24.2 Å². The molecule has 1 rings (SSSR count). The van der Waals surface area contributed by atoms with Gasteiger partial charge in [-0.2, -0.15) is 0 Å². The summed E-state index contributed by atoms with van der Waals surface area (Å²) in [6, 6.07) is 1.86. The normalized spacial score (nSPS) is 10.1. The molecule has 76 valence electrons. The molecule has 0 saturated carbocycles. The molecule has 0 aliphatic heterocycles. The van der Waals surface area contributed by atoms with E-state index in [4.69, 9.17) is 0 Å². The molecule has 14 heavy (non-hydrogen) atoms. The van der Waals surface area contributed by atoms with Gasteiger partial charge >= 0.3 is 0 Å². The Labute approximate surface area is 84.6 Å². The number of carbonyl (C=O) groups is 1. The van der Waals surface area contributed by atoms with E-state index in [1.165, 1.54) is 0 Å². The van der Waals surface area contributed by atoms with E-state index >= 15 is 0 Å². The highest BCUT2D eigenvalue weighted by Crippen LogP contribution is 2.07. The zero-order valence-electron chi connectivity index (χ0n) is 8.71. The fourth-order valence-electron chi connectivity index (χ4n) is 1.27. The maximum Gasteiger partial charge on any atom is 0.165 e. The summed E-state index contributed by atoms with van der Waals surface area (Å²) in [4.78, 5) is 15.6. The second-order valence-electron chi connectivity index (χ2n) is 3.22. The number of hydrogen-bond acceptors (Lipinski definition) is 3. The van der Waals surface area contributed by atoms with Gasteiger partial charge in [0, 0.05) is 30.9 Å². The van der Waals surface area contributed by atoms with Gasteiger partial charge in [-0.05, 0) is 25.1 Å². The van der Waals surface area contributed by atoms with E-state index < -0.39 is 0 Å². The number of aryl methyl sites for hydroxylation is 1. The molecule has 0 spiro atoms. The minimum atomic E-state index is 0.163. The molecule has 1 aromatic heterocycles. The van der Waals surface area contributed by atoms with Gasteiger partial charge in [-0.1, -0.05) is 6.92 Å². The number of hydrogen-bond donors (Lipinski definition) is 1. The molecule has 0 radical (unpaired) electrons. The minimum absolute atomic E-state index is 0.163. The number of carbonyl (C=O) groups excluding carboxylic acids is 1. The van der Waals surface area contributed by atoms with Crippen molar-refractivity contribution in [3.8, 4) is 0 Å². The first kappa shape index (κ1) is 10.9. The summed E-state index contributed by atoms with van der Waals surface area (Å²) in [6.07, 6.45) is 3.89. The summed E-state index contributed by atoms with van der Waals surface area (Å²) >= 11 is 0. The topological polar surface area (TPSA) is 42.0 Å². The predicted octanol–water partition coefficient (Wildman–Crippen LogP) is 1.57. The van der Waals surface area contributed by atoms with Crippen molar-refractivity contribution in [3.63, 3.8) is 0 Å². The van der Waals surface area contributed by atoms with Crippen LogP contribution in [0.5, 0.6) is 0 Å². The molecular weight excluding hydrogens is 176 g/mol. The first-order valence-corrected chi connectivity index (χ1v) is 4.90. The fraction of sp³-hybridized carbons (Fsp3) is 0.455. The average molecular weight is 192 g/mol. The first-order chi connectivity index (χ1) is 6.75. The third-order valence-electron chi connectivity index (χ3n) is 2.12. The molecule has 0 fully saturated rings. The van der Waals surface area contributed by atoms with E-state index in [0.29, 0.717) is 6.42 Å². The zero-order chi connectivity index (χ0) is 10.4. The van der Waals surface area contributed by atoms with Crippen molar-refractivity contribution in [3.05, 3.63) is 29.6 Å². The van der Waals surface area contributed by atoms with E-state index in [1.807, 2.05) is 19.9 Å². The van der Waals surface area contributed by atoms with Gasteiger partial charge in [-0.15, -0.1) is 0 Å². The van der Waals surface area contributed by atoms with Crippen LogP contribution < -0.4 is 5.32 Å². The second-order valence-corrected chi connectivity index (χ2v) is 3.22. The summed E-state index contributed by atoms with van der Waals surface area (Å²) in [7, 11) is 0. The highest BCUT2D eigenvalue weighted by molar-refractivity contribution is 5.97. The van der Waals surface area contributed by atoms with Crippen LogP contribution in [0.1, 0.15) is 29.3 Å². The van der Waals surface area contributed by atoms with Gasteiger partial charge in [0.2, 0.25) is 0 Å². The Balaban J connectivity index is 2.56. The lowest BCUT2D eigenvalue weighted by Gasteiger charge is -2.03. The monoisotopic (exact) mass is 192 g/mol. The Morgan fingerprint density at radius 1 is 1.57 bits per heavy atom. The number of ketones is 1. The van der Waals surface area contributed by atoms with Crippen LogP contribution in [0, 0.1) is 6.92 Å². The number of nitrogens with one attached hydrogen (secondary N) is 1. The molecule has 0 aliphatic rings. The van der Waals surface area contributed by atoms with Gasteiger partial charge in [-0.3, -0.25) is 9.78 Å². The van der Waals surface area contributed by atoms with Crippen molar-refractivity contribution in [2.75, 3.05) is 13.1 Å². The van der Waals surface area contributed by atoms with Crippen molar-refractivity contribution < 1.29 is 4.79 Å². The third-order valence-corrected chi connectivity index (χ3v) is 2.12. The lowest BCUT2D eigenvalue weighted by atomic mass is 10.1. The van der Waals surface area contributed by atoms with E-state index in [2.05, 4.69) is 10.3 Å². The standard InChI is InChI=1S/C11H16N2O/c1-3-12-7-5-11(14)10-8-13-6-4-9(10)2/h4,6,8,12H,3,5,7H2,1-2H3. The number of pyridine rings is 1. The maximum atomic E-state index is 11.7. The highest BCUT2D eigenvalue weighted by Gasteiger charge is 2.07. The molecule has 1 aromatic rings. The number of Topliss-reactive ketones (excluding diaryl/α,β-unsaturated/α-hetero) is 1. The second kappa shape index (κ2) is 5.50. The van der Waals surface area contributed by atoms with Crippen LogP contribution in [0.2, 0.25) is 0 Å². The summed E-state index contributed by atoms with van der Waals surface area (Å²) < 4.78 is 0. The number of nitrogens with zero attached hydrogens (tertiary/aromatic N) is 1. The van der Waals surface area contributed by atoms with Crippen LogP contribution >= 0.6 is 0 Å². The van der Waals surface area contributed by atoms with Crippen LogP contribution in [0.4, 0.5) is 0 Å². The van der Waals surface area contributed by atoms with E-state index in [-0.39, 0.29) is 5.78 Å². The molecule has 1 N–H and O–H groups in total. The average Bonchev–Trinajstić information content (AvgIpc) is 2.18. The van der Waals surface area contributed by atoms with Crippen molar-refractivity contribution in [2.45, 2.75) is 20.3 Å². The number of rotatable bonds is 5. The molecule has 0 saturated heterocycles. The molecule has 0 unspecified atom stereocenters.